The fraction of sp³-hybridized carbons (Fsp3) is 0.467. The van der Waals surface area contributed by atoms with Crippen molar-refractivity contribution < 1.29 is 0 Å². The zero-order valence-corrected chi connectivity index (χ0v) is 12.0. The molecule has 1 aliphatic rings. The fourth-order valence-electron chi connectivity index (χ4n) is 2.63. The van der Waals surface area contributed by atoms with Crippen LogP contribution >= 0.6 is 23.2 Å². The Kier molecular flexibility index (Phi) is 5.11. The lowest BCUT2D eigenvalue weighted by Crippen LogP contribution is -2.16. The van der Waals surface area contributed by atoms with Gasteiger partial charge in [0.2, 0.25) is 0 Å². The number of benzene rings is 1. The van der Waals surface area contributed by atoms with Crippen LogP contribution in [0.2, 0.25) is 10.0 Å². The van der Waals surface area contributed by atoms with Crippen molar-refractivity contribution in [2.24, 2.45) is 11.7 Å². The normalized spacial score (nSPS) is 18.1. The zero-order valence-electron chi connectivity index (χ0n) is 10.5. The molecule has 0 radical (unpaired) electrons. The summed E-state index contributed by atoms with van der Waals surface area (Å²) in [5.74, 6) is 0.651. The average Bonchev–Trinajstić information content (AvgIpc) is 2.41. The molecule has 0 aliphatic heterocycles. The van der Waals surface area contributed by atoms with Gasteiger partial charge in [-0.25, -0.2) is 0 Å². The highest BCUT2D eigenvalue weighted by atomic mass is 35.5. The van der Waals surface area contributed by atoms with Gasteiger partial charge >= 0.3 is 0 Å². The molecular weight excluding hydrogens is 265 g/mol. The van der Waals surface area contributed by atoms with Gasteiger partial charge in [0, 0.05) is 6.54 Å². The molecule has 0 atom stereocenters. The Morgan fingerprint density at radius 2 is 1.89 bits per heavy atom. The van der Waals surface area contributed by atoms with Crippen molar-refractivity contribution in [3.8, 4) is 0 Å². The summed E-state index contributed by atoms with van der Waals surface area (Å²) in [4.78, 5) is 0. The van der Waals surface area contributed by atoms with Crippen LogP contribution in [0.1, 0.15) is 37.7 Å². The SMILES string of the molecule is NCC(=Cc1ccc(Cl)c(Cl)c1)C1CCCCC1. The van der Waals surface area contributed by atoms with Gasteiger partial charge in [-0.3, -0.25) is 0 Å². The van der Waals surface area contributed by atoms with Crippen LogP contribution in [0.3, 0.4) is 0 Å². The van der Waals surface area contributed by atoms with Crippen molar-refractivity contribution in [1.82, 2.24) is 0 Å². The van der Waals surface area contributed by atoms with E-state index in [9.17, 15) is 0 Å². The third-order valence-corrected chi connectivity index (χ3v) is 4.40. The minimum atomic E-state index is 0.598. The summed E-state index contributed by atoms with van der Waals surface area (Å²) in [5.41, 5.74) is 8.33. The molecule has 0 unspecified atom stereocenters. The first-order chi connectivity index (χ1) is 8.70. The molecule has 3 heteroatoms. The van der Waals surface area contributed by atoms with Crippen molar-refractivity contribution in [3.05, 3.63) is 39.4 Å². The number of hydrogen-bond acceptors (Lipinski definition) is 1. The molecule has 2 N–H and O–H groups in total. The average molecular weight is 284 g/mol. The molecule has 1 aromatic carbocycles. The molecule has 0 saturated heterocycles. The summed E-state index contributed by atoms with van der Waals surface area (Å²) in [7, 11) is 0. The molecule has 1 fully saturated rings. The molecular formula is C15H19Cl2N. The van der Waals surface area contributed by atoms with Crippen LogP contribution in [0.15, 0.2) is 23.8 Å². The third kappa shape index (κ3) is 3.50. The molecule has 18 heavy (non-hydrogen) atoms. The van der Waals surface area contributed by atoms with Gasteiger partial charge in [0.25, 0.3) is 0 Å². The van der Waals surface area contributed by atoms with Gasteiger partial charge in [0.15, 0.2) is 0 Å². The quantitative estimate of drug-likeness (QED) is 0.838. The summed E-state index contributed by atoms with van der Waals surface area (Å²) in [5, 5.41) is 1.20. The van der Waals surface area contributed by atoms with Gasteiger partial charge in [-0.05, 0) is 36.5 Å². The topological polar surface area (TPSA) is 26.0 Å². The second-order valence-corrected chi connectivity index (χ2v) is 5.75. The summed E-state index contributed by atoms with van der Waals surface area (Å²) in [6, 6.07) is 5.74. The first-order valence-electron chi connectivity index (χ1n) is 6.56. The number of rotatable bonds is 3. The van der Waals surface area contributed by atoms with Crippen molar-refractivity contribution in [1.29, 1.82) is 0 Å². The smallest absolute Gasteiger partial charge is 0.0598 e. The van der Waals surface area contributed by atoms with Crippen molar-refractivity contribution >= 4 is 29.3 Å². The van der Waals surface area contributed by atoms with Gasteiger partial charge in [-0.2, -0.15) is 0 Å². The molecule has 1 saturated carbocycles. The highest BCUT2D eigenvalue weighted by Crippen LogP contribution is 2.31. The van der Waals surface area contributed by atoms with E-state index in [0.717, 1.165) is 5.56 Å². The van der Waals surface area contributed by atoms with Gasteiger partial charge < -0.3 is 5.73 Å². The number of hydrogen-bond donors (Lipinski definition) is 1. The van der Waals surface area contributed by atoms with Gasteiger partial charge in [0.05, 0.1) is 10.0 Å². The molecule has 0 aromatic heterocycles. The fourth-order valence-corrected chi connectivity index (χ4v) is 2.94. The predicted molar refractivity (Wildman–Crippen MR) is 80.1 cm³/mol. The predicted octanol–water partition coefficient (Wildman–Crippen LogP) is 4.92. The molecule has 0 spiro atoms. The highest BCUT2D eigenvalue weighted by molar-refractivity contribution is 6.42. The maximum atomic E-state index is 6.03. The summed E-state index contributed by atoms with van der Waals surface area (Å²) >= 11 is 12.0. The molecule has 98 valence electrons. The maximum Gasteiger partial charge on any atom is 0.0598 e. The first-order valence-corrected chi connectivity index (χ1v) is 7.32. The summed E-state index contributed by atoms with van der Waals surface area (Å²) in [6.07, 6.45) is 8.72. The Labute approximate surface area is 119 Å². The Morgan fingerprint density at radius 1 is 1.17 bits per heavy atom. The second-order valence-electron chi connectivity index (χ2n) is 4.93. The number of halogens is 2. The van der Waals surface area contributed by atoms with Crippen LogP contribution in [0.4, 0.5) is 0 Å². The van der Waals surface area contributed by atoms with E-state index in [1.165, 1.54) is 37.7 Å². The van der Waals surface area contributed by atoms with E-state index < -0.39 is 0 Å². The van der Waals surface area contributed by atoms with Crippen LogP contribution in [0.5, 0.6) is 0 Å². The van der Waals surface area contributed by atoms with E-state index in [2.05, 4.69) is 6.08 Å². The summed E-state index contributed by atoms with van der Waals surface area (Å²) in [6.45, 7) is 0.630. The minimum Gasteiger partial charge on any atom is -0.327 e. The third-order valence-electron chi connectivity index (χ3n) is 3.66. The molecule has 1 aliphatic carbocycles. The lowest BCUT2D eigenvalue weighted by molar-refractivity contribution is 0.401. The van der Waals surface area contributed by atoms with Crippen LogP contribution < -0.4 is 5.73 Å². The lowest BCUT2D eigenvalue weighted by Gasteiger charge is -2.24. The lowest BCUT2D eigenvalue weighted by atomic mass is 9.83. The van der Waals surface area contributed by atoms with Gasteiger partial charge in [-0.15, -0.1) is 0 Å². The minimum absolute atomic E-state index is 0.598. The molecule has 2 rings (SSSR count). The Morgan fingerprint density at radius 3 is 2.50 bits per heavy atom. The molecule has 1 nitrogen and oxygen atoms in total. The van der Waals surface area contributed by atoms with E-state index in [-0.39, 0.29) is 0 Å². The standard InChI is InChI=1S/C15H19Cl2N/c16-14-7-6-11(9-15(14)17)8-13(10-18)12-4-2-1-3-5-12/h6-9,12H,1-5,10,18H2. The zero-order chi connectivity index (χ0) is 13.0. The Hall–Kier alpha value is -0.500. The van der Waals surface area contributed by atoms with Crippen LogP contribution in [-0.2, 0) is 0 Å². The van der Waals surface area contributed by atoms with E-state index >= 15 is 0 Å². The highest BCUT2D eigenvalue weighted by Gasteiger charge is 2.16. The van der Waals surface area contributed by atoms with E-state index in [4.69, 9.17) is 28.9 Å². The Bertz CT molecular complexity index is 434. The van der Waals surface area contributed by atoms with Crippen molar-refractivity contribution in [2.45, 2.75) is 32.1 Å². The van der Waals surface area contributed by atoms with E-state index in [1.54, 1.807) is 0 Å². The van der Waals surface area contributed by atoms with E-state index in [0.29, 0.717) is 22.5 Å². The molecule has 1 aromatic rings. The van der Waals surface area contributed by atoms with Crippen LogP contribution in [-0.4, -0.2) is 6.54 Å². The molecule has 0 bridgehead atoms. The van der Waals surface area contributed by atoms with Crippen LogP contribution in [0, 0.1) is 5.92 Å². The first kappa shape index (κ1) is 13.9. The van der Waals surface area contributed by atoms with Gasteiger partial charge in [-0.1, -0.05) is 60.2 Å². The van der Waals surface area contributed by atoms with Crippen molar-refractivity contribution in [2.75, 3.05) is 6.54 Å². The van der Waals surface area contributed by atoms with Crippen LogP contribution in [0.25, 0.3) is 6.08 Å². The molecule has 0 heterocycles. The Balaban J connectivity index is 2.19. The molecule has 0 amide bonds. The largest absolute Gasteiger partial charge is 0.327 e. The van der Waals surface area contributed by atoms with Crippen molar-refractivity contribution in [3.63, 3.8) is 0 Å². The summed E-state index contributed by atoms with van der Waals surface area (Å²) < 4.78 is 0. The monoisotopic (exact) mass is 283 g/mol. The van der Waals surface area contributed by atoms with Gasteiger partial charge in [0.1, 0.15) is 0 Å². The maximum absolute atomic E-state index is 6.03. The second kappa shape index (κ2) is 6.60. The van der Waals surface area contributed by atoms with E-state index in [1.807, 2.05) is 18.2 Å². The number of nitrogens with two attached hydrogens (primary N) is 1.